The van der Waals surface area contributed by atoms with E-state index in [1.54, 1.807) is 18.5 Å². The van der Waals surface area contributed by atoms with Crippen LogP contribution < -0.4 is 0 Å². The first kappa shape index (κ1) is 17.0. The Morgan fingerprint density at radius 2 is 1.89 bits per heavy atom. The molecule has 0 saturated carbocycles. The molecule has 138 valence electrons. The third kappa shape index (κ3) is 2.77. The molecule has 5 rings (SSSR count). The van der Waals surface area contributed by atoms with Crippen LogP contribution in [0.15, 0.2) is 73.1 Å². The minimum atomic E-state index is -0.193. The number of aromatic amines is 1. The molecule has 0 radical (unpaired) electrons. The summed E-state index contributed by atoms with van der Waals surface area (Å²) in [7, 11) is 0. The molecule has 0 fully saturated rings. The number of benzene rings is 2. The summed E-state index contributed by atoms with van der Waals surface area (Å²) in [5.41, 5.74) is 5.09. The number of para-hydroxylation sites is 1. The summed E-state index contributed by atoms with van der Waals surface area (Å²) in [6, 6.07) is 19.5. The number of halogens is 1. The lowest BCUT2D eigenvalue weighted by Crippen LogP contribution is -2.40. The van der Waals surface area contributed by atoms with Crippen molar-refractivity contribution in [2.75, 3.05) is 6.54 Å². The van der Waals surface area contributed by atoms with E-state index in [-0.39, 0.29) is 11.9 Å². The van der Waals surface area contributed by atoms with Gasteiger partial charge in [-0.15, -0.1) is 0 Å². The van der Waals surface area contributed by atoms with Crippen LogP contribution in [-0.2, 0) is 6.42 Å². The third-order valence-electron chi connectivity index (χ3n) is 5.39. The van der Waals surface area contributed by atoms with Crippen molar-refractivity contribution in [1.82, 2.24) is 14.9 Å². The number of nitrogens with zero attached hydrogens (tertiary/aromatic N) is 2. The first-order valence-electron chi connectivity index (χ1n) is 9.28. The van der Waals surface area contributed by atoms with Gasteiger partial charge in [0.25, 0.3) is 5.91 Å². The van der Waals surface area contributed by atoms with Gasteiger partial charge in [-0.3, -0.25) is 9.78 Å². The van der Waals surface area contributed by atoms with Gasteiger partial charge in [-0.1, -0.05) is 41.9 Å². The van der Waals surface area contributed by atoms with E-state index < -0.39 is 0 Å². The van der Waals surface area contributed by atoms with E-state index in [0.29, 0.717) is 17.1 Å². The zero-order chi connectivity index (χ0) is 19.1. The lowest BCUT2D eigenvalue weighted by atomic mass is 9.92. The van der Waals surface area contributed by atoms with Gasteiger partial charge in [0, 0.05) is 40.6 Å². The van der Waals surface area contributed by atoms with E-state index in [1.807, 2.05) is 41.3 Å². The van der Waals surface area contributed by atoms with Crippen molar-refractivity contribution in [3.8, 4) is 0 Å². The Labute approximate surface area is 167 Å². The van der Waals surface area contributed by atoms with Crippen molar-refractivity contribution in [2.45, 2.75) is 12.5 Å². The van der Waals surface area contributed by atoms with Gasteiger partial charge < -0.3 is 9.88 Å². The summed E-state index contributed by atoms with van der Waals surface area (Å²) in [4.78, 5) is 22.9. The lowest BCUT2D eigenvalue weighted by Gasteiger charge is -2.36. The second kappa shape index (κ2) is 6.80. The molecule has 3 heterocycles. The lowest BCUT2D eigenvalue weighted by molar-refractivity contribution is 0.0691. The molecule has 0 bridgehead atoms. The Hall–Kier alpha value is -3.11. The van der Waals surface area contributed by atoms with E-state index in [0.717, 1.165) is 23.2 Å². The molecule has 0 aliphatic carbocycles. The molecule has 1 aliphatic rings. The van der Waals surface area contributed by atoms with Crippen LogP contribution in [0.2, 0.25) is 5.02 Å². The summed E-state index contributed by atoms with van der Waals surface area (Å²) >= 11 is 6.11. The number of H-pyrrole nitrogens is 1. The van der Waals surface area contributed by atoms with Crippen LogP contribution in [0.25, 0.3) is 10.9 Å². The topological polar surface area (TPSA) is 49.0 Å². The van der Waals surface area contributed by atoms with Crippen molar-refractivity contribution in [3.63, 3.8) is 0 Å². The number of fused-ring (bicyclic) bond motifs is 3. The van der Waals surface area contributed by atoms with Gasteiger partial charge in [0.05, 0.1) is 11.6 Å². The Balaban J connectivity index is 1.67. The van der Waals surface area contributed by atoms with Crippen LogP contribution in [0.4, 0.5) is 0 Å². The fraction of sp³-hybridized carbons (Fsp3) is 0.130. The maximum atomic E-state index is 13.3. The predicted molar refractivity (Wildman–Crippen MR) is 111 cm³/mol. The standard InChI is InChI=1S/C23H18ClN3O/c24-17-9-7-15(8-10-17)22-21-19(18-5-1-2-6-20(18)26-21)11-13-27(22)23(28)16-4-3-12-25-14-16/h1-10,12,14,22,26H,11,13H2/t22-/m1/s1. The van der Waals surface area contributed by atoms with Gasteiger partial charge in [-0.05, 0) is 47.9 Å². The first-order chi connectivity index (χ1) is 13.7. The van der Waals surface area contributed by atoms with E-state index >= 15 is 0 Å². The zero-order valence-corrected chi connectivity index (χ0v) is 15.9. The smallest absolute Gasteiger partial charge is 0.256 e. The molecule has 2 aromatic carbocycles. The molecule has 1 atom stereocenters. The van der Waals surface area contributed by atoms with Gasteiger partial charge in [0.15, 0.2) is 0 Å². The van der Waals surface area contributed by atoms with Crippen LogP contribution in [-0.4, -0.2) is 27.3 Å². The molecular weight excluding hydrogens is 370 g/mol. The highest BCUT2D eigenvalue weighted by Crippen LogP contribution is 2.39. The summed E-state index contributed by atoms with van der Waals surface area (Å²) < 4.78 is 0. The predicted octanol–water partition coefficient (Wildman–Crippen LogP) is 5.00. The van der Waals surface area contributed by atoms with Crippen molar-refractivity contribution >= 4 is 28.4 Å². The normalized spacial score (nSPS) is 16.2. The molecule has 0 unspecified atom stereocenters. The van der Waals surface area contributed by atoms with Crippen molar-refractivity contribution in [1.29, 1.82) is 0 Å². The summed E-state index contributed by atoms with van der Waals surface area (Å²) in [6.07, 6.45) is 4.12. The molecule has 1 amide bonds. The average molecular weight is 388 g/mol. The molecule has 28 heavy (non-hydrogen) atoms. The number of carbonyl (C=O) groups excluding carboxylic acids is 1. The van der Waals surface area contributed by atoms with Crippen LogP contribution in [0.1, 0.15) is 33.2 Å². The third-order valence-corrected chi connectivity index (χ3v) is 5.64. The number of rotatable bonds is 2. The van der Waals surface area contributed by atoms with E-state index in [4.69, 9.17) is 11.6 Å². The second-order valence-corrected chi connectivity index (χ2v) is 7.44. The fourth-order valence-corrected chi connectivity index (χ4v) is 4.23. The molecule has 1 N–H and O–H groups in total. The number of hydrogen-bond donors (Lipinski definition) is 1. The molecule has 4 nitrogen and oxygen atoms in total. The van der Waals surface area contributed by atoms with Crippen LogP contribution >= 0.6 is 11.6 Å². The van der Waals surface area contributed by atoms with E-state index in [2.05, 4.69) is 28.2 Å². The fourth-order valence-electron chi connectivity index (χ4n) is 4.11. The molecule has 5 heteroatoms. The zero-order valence-electron chi connectivity index (χ0n) is 15.1. The summed E-state index contributed by atoms with van der Waals surface area (Å²) in [5, 5.41) is 1.91. The number of pyridine rings is 1. The van der Waals surface area contributed by atoms with Crippen molar-refractivity contribution in [2.24, 2.45) is 0 Å². The molecule has 4 aromatic rings. The quantitative estimate of drug-likeness (QED) is 0.526. The SMILES string of the molecule is O=C(c1cccnc1)N1CCc2c([nH]c3ccccc23)[C@H]1c1ccc(Cl)cc1. The Morgan fingerprint density at radius 3 is 2.68 bits per heavy atom. The van der Waals surface area contributed by atoms with Crippen LogP contribution in [0.5, 0.6) is 0 Å². The van der Waals surface area contributed by atoms with E-state index in [9.17, 15) is 4.79 Å². The van der Waals surface area contributed by atoms with Gasteiger partial charge in [-0.25, -0.2) is 0 Å². The molecule has 1 aliphatic heterocycles. The number of carbonyl (C=O) groups is 1. The minimum absolute atomic E-state index is 0.0163. The molecule has 2 aromatic heterocycles. The second-order valence-electron chi connectivity index (χ2n) is 7.01. The monoisotopic (exact) mass is 387 g/mol. The Bertz CT molecular complexity index is 1150. The van der Waals surface area contributed by atoms with Crippen LogP contribution in [0.3, 0.4) is 0 Å². The van der Waals surface area contributed by atoms with Gasteiger partial charge in [0.2, 0.25) is 0 Å². The first-order valence-corrected chi connectivity index (χ1v) is 9.66. The minimum Gasteiger partial charge on any atom is -0.356 e. The van der Waals surface area contributed by atoms with Crippen molar-refractivity contribution in [3.05, 3.63) is 100 Å². The number of amides is 1. The van der Waals surface area contributed by atoms with Gasteiger partial charge in [-0.2, -0.15) is 0 Å². The number of hydrogen-bond acceptors (Lipinski definition) is 2. The summed E-state index contributed by atoms with van der Waals surface area (Å²) in [6.45, 7) is 0.649. The number of aromatic nitrogens is 2. The van der Waals surface area contributed by atoms with Crippen molar-refractivity contribution < 1.29 is 4.79 Å². The number of nitrogens with one attached hydrogen (secondary N) is 1. The van der Waals surface area contributed by atoms with E-state index in [1.165, 1.54) is 10.9 Å². The largest absolute Gasteiger partial charge is 0.356 e. The maximum Gasteiger partial charge on any atom is 0.256 e. The highest BCUT2D eigenvalue weighted by atomic mass is 35.5. The maximum absolute atomic E-state index is 13.3. The Kier molecular flexibility index (Phi) is 4.14. The molecule has 0 spiro atoms. The molecule has 0 saturated heterocycles. The van der Waals surface area contributed by atoms with Crippen LogP contribution in [0, 0.1) is 0 Å². The van der Waals surface area contributed by atoms with Gasteiger partial charge in [0.1, 0.15) is 0 Å². The highest BCUT2D eigenvalue weighted by molar-refractivity contribution is 6.30. The summed E-state index contributed by atoms with van der Waals surface area (Å²) in [5.74, 6) is -0.0163. The Morgan fingerprint density at radius 1 is 1.07 bits per heavy atom. The highest BCUT2D eigenvalue weighted by Gasteiger charge is 2.34. The average Bonchev–Trinajstić information content (AvgIpc) is 3.13. The van der Waals surface area contributed by atoms with Gasteiger partial charge >= 0.3 is 0 Å². The molecular formula is C23H18ClN3O.